The van der Waals surface area contributed by atoms with E-state index in [-0.39, 0.29) is 82.8 Å². The lowest BCUT2D eigenvalue weighted by atomic mass is 9.55. The Balaban J connectivity index is 1.56. The molecule has 14 nitrogen and oxygen atoms in total. The van der Waals surface area contributed by atoms with Crippen molar-refractivity contribution < 1.29 is 48.7 Å². The predicted molar refractivity (Wildman–Crippen MR) is 245 cm³/mol. The second-order valence-electron chi connectivity index (χ2n) is 17.7. The van der Waals surface area contributed by atoms with E-state index in [1.165, 1.54) is 0 Å². The van der Waals surface area contributed by atoms with Crippen molar-refractivity contribution >= 4 is 17.7 Å². The molecule has 0 saturated heterocycles. The lowest BCUT2D eigenvalue weighted by Gasteiger charge is -2.60. The molecule has 65 heavy (non-hydrogen) atoms. The molecule has 1 aliphatic heterocycles. The second kappa shape index (κ2) is 23.1. The van der Waals surface area contributed by atoms with Crippen LogP contribution in [0.5, 0.6) is 11.5 Å². The van der Waals surface area contributed by atoms with Gasteiger partial charge in [-0.3, -0.25) is 4.79 Å². The van der Waals surface area contributed by atoms with E-state index in [1.54, 1.807) is 47.4 Å². The number of allylic oxidation sites excluding steroid dienone is 1. The molecule has 0 bridgehead atoms. The van der Waals surface area contributed by atoms with Gasteiger partial charge in [-0.05, 0) is 112 Å². The molecule has 0 unspecified atom stereocenters. The SMILES string of the molecule is C=CCO[C@@]12Oc3ccc(OC(=O)NCc4ccccc4)cc3[C@H]3[C@H](CCCCO)[C@@H](CCCCO)C=C(C(=NOC(C)(C)C)C[C@@H]1N(CCOCCO)C(=O)c1ccc(C#N)cc1)[C@H]32. The van der Waals surface area contributed by atoms with Crippen LogP contribution >= 0.6 is 0 Å². The first-order chi connectivity index (χ1) is 31.5. The average Bonchev–Trinajstić information content (AvgIpc) is 3.31. The van der Waals surface area contributed by atoms with Gasteiger partial charge in [0, 0.05) is 49.8 Å². The van der Waals surface area contributed by atoms with Crippen molar-refractivity contribution in [2.75, 3.05) is 46.2 Å². The number of ether oxygens (including phenoxy) is 4. The number of hydrogen-bond donors (Lipinski definition) is 4. The molecule has 2 amide bonds. The maximum atomic E-state index is 15.1. The summed E-state index contributed by atoms with van der Waals surface area (Å²) in [6.45, 7) is 10.2. The number of carbonyl (C=O) groups excluding carboxylic acids is 2. The largest absolute Gasteiger partial charge is 0.459 e. The fraction of sp³-hybridized carbons (Fsp3) is 0.490. The van der Waals surface area contributed by atoms with Crippen molar-refractivity contribution in [2.24, 2.45) is 22.9 Å². The van der Waals surface area contributed by atoms with E-state index < -0.39 is 29.4 Å². The lowest BCUT2D eigenvalue weighted by Crippen LogP contribution is -2.70. The van der Waals surface area contributed by atoms with Crippen LogP contribution in [0.4, 0.5) is 4.79 Å². The highest BCUT2D eigenvalue weighted by Gasteiger charge is 2.65. The quantitative estimate of drug-likeness (QED) is 0.0446. The van der Waals surface area contributed by atoms with E-state index in [2.05, 4.69) is 24.0 Å². The summed E-state index contributed by atoms with van der Waals surface area (Å²) in [6.07, 6.45) is 7.63. The number of nitriles is 1. The Hall–Kier alpha value is -5.56. The number of aliphatic hydroxyl groups excluding tert-OH is 3. The number of amides is 2. The van der Waals surface area contributed by atoms with Gasteiger partial charge in [-0.15, -0.1) is 6.58 Å². The molecular formula is C51H64N4O10. The van der Waals surface area contributed by atoms with Crippen LogP contribution in [0.15, 0.2) is 102 Å². The molecule has 3 aliphatic rings. The van der Waals surface area contributed by atoms with Gasteiger partial charge in [0.1, 0.15) is 23.1 Å². The van der Waals surface area contributed by atoms with E-state index in [0.717, 1.165) is 36.0 Å². The van der Waals surface area contributed by atoms with Gasteiger partial charge in [0.05, 0.1) is 49.7 Å². The van der Waals surface area contributed by atoms with E-state index in [9.17, 15) is 25.4 Å². The summed E-state index contributed by atoms with van der Waals surface area (Å²) in [6, 6.07) is 22.6. The Bertz CT molecular complexity index is 2170. The summed E-state index contributed by atoms with van der Waals surface area (Å²) < 4.78 is 26.1. The minimum Gasteiger partial charge on any atom is -0.459 e. The molecule has 1 saturated carbocycles. The zero-order valence-electron chi connectivity index (χ0n) is 37.8. The number of hydrogen-bond acceptors (Lipinski definition) is 12. The first kappa shape index (κ1) is 48.9. The highest BCUT2D eigenvalue weighted by Crippen LogP contribution is 2.62. The number of aliphatic hydroxyl groups is 3. The molecule has 348 valence electrons. The number of oxime groups is 1. The summed E-state index contributed by atoms with van der Waals surface area (Å²) in [5.41, 5.74) is 3.26. The van der Waals surface area contributed by atoms with E-state index in [1.807, 2.05) is 57.2 Å². The summed E-state index contributed by atoms with van der Waals surface area (Å²) in [5.74, 6) is -2.16. The maximum absolute atomic E-state index is 15.1. The third-order valence-electron chi connectivity index (χ3n) is 12.2. The summed E-state index contributed by atoms with van der Waals surface area (Å²) in [7, 11) is 0. The number of nitrogens with one attached hydrogen (secondary N) is 1. The molecule has 6 atom stereocenters. The molecule has 0 aromatic heterocycles. The first-order valence-corrected chi connectivity index (χ1v) is 22.7. The van der Waals surface area contributed by atoms with Crippen LogP contribution in [0.3, 0.4) is 0 Å². The third kappa shape index (κ3) is 12.0. The van der Waals surface area contributed by atoms with E-state index in [0.29, 0.717) is 47.6 Å². The zero-order chi connectivity index (χ0) is 46.4. The van der Waals surface area contributed by atoms with Gasteiger partial charge in [0.2, 0.25) is 5.79 Å². The average molecular weight is 893 g/mol. The number of benzene rings is 3. The lowest BCUT2D eigenvalue weighted by molar-refractivity contribution is -0.254. The van der Waals surface area contributed by atoms with E-state index in [4.69, 9.17) is 28.9 Å². The van der Waals surface area contributed by atoms with Crippen LogP contribution in [0.2, 0.25) is 0 Å². The van der Waals surface area contributed by atoms with Crippen molar-refractivity contribution in [3.05, 3.63) is 119 Å². The number of unbranched alkanes of at least 4 members (excludes halogenated alkanes) is 2. The van der Waals surface area contributed by atoms with Crippen molar-refractivity contribution in [2.45, 2.75) is 95.6 Å². The molecule has 2 aliphatic carbocycles. The Kier molecular flexibility index (Phi) is 17.3. The molecule has 1 heterocycles. The van der Waals surface area contributed by atoms with Gasteiger partial charge in [-0.2, -0.15) is 5.26 Å². The maximum Gasteiger partial charge on any atom is 0.412 e. The first-order valence-electron chi connectivity index (χ1n) is 22.7. The van der Waals surface area contributed by atoms with Crippen LogP contribution in [-0.2, 0) is 20.9 Å². The predicted octanol–water partition coefficient (Wildman–Crippen LogP) is 7.43. The Labute approximate surface area is 382 Å². The Morgan fingerprint density at radius 2 is 1.72 bits per heavy atom. The van der Waals surface area contributed by atoms with Crippen LogP contribution in [0, 0.1) is 29.1 Å². The third-order valence-corrected chi connectivity index (χ3v) is 12.2. The highest BCUT2D eigenvalue weighted by atomic mass is 16.7. The Morgan fingerprint density at radius 1 is 0.985 bits per heavy atom. The summed E-state index contributed by atoms with van der Waals surface area (Å²) >= 11 is 0. The normalized spacial score (nSPS) is 22.6. The monoisotopic (exact) mass is 892 g/mol. The Morgan fingerprint density at radius 3 is 2.40 bits per heavy atom. The van der Waals surface area contributed by atoms with Crippen LogP contribution < -0.4 is 14.8 Å². The second-order valence-corrected chi connectivity index (χ2v) is 17.7. The molecule has 14 heteroatoms. The fourth-order valence-electron chi connectivity index (χ4n) is 9.40. The van der Waals surface area contributed by atoms with Crippen molar-refractivity contribution in [3.63, 3.8) is 0 Å². The number of carbonyl (C=O) groups is 2. The van der Waals surface area contributed by atoms with Crippen molar-refractivity contribution in [1.29, 1.82) is 5.26 Å². The minimum atomic E-state index is -1.56. The number of nitrogens with zero attached hydrogens (tertiary/aromatic N) is 3. The summed E-state index contributed by atoms with van der Waals surface area (Å²) in [5, 5.41) is 46.8. The zero-order valence-corrected chi connectivity index (χ0v) is 37.8. The highest BCUT2D eigenvalue weighted by molar-refractivity contribution is 6.03. The molecule has 6 rings (SSSR count). The molecule has 1 fully saturated rings. The molecule has 0 spiro atoms. The van der Waals surface area contributed by atoms with Gasteiger partial charge in [0.25, 0.3) is 5.91 Å². The van der Waals surface area contributed by atoms with Crippen molar-refractivity contribution in [1.82, 2.24) is 10.2 Å². The van der Waals surface area contributed by atoms with Crippen LogP contribution in [0.25, 0.3) is 0 Å². The number of fused-ring (bicyclic) bond motifs is 2. The van der Waals surface area contributed by atoms with Crippen LogP contribution in [-0.4, -0.2) is 102 Å². The molecule has 4 N–H and O–H groups in total. The fourth-order valence-corrected chi connectivity index (χ4v) is 9.40. The van der Waals surface area contributed by atoms with Crippen LogP contribution in [0.1, 0.15) is 98.7 Å². The molecule has 3 aromatic carbocycles. The van der Waals surface area contributed by atoms with Gasteiger partial charge >= 0.3 is 6.09 Å². The standard InChI is InChI=1S/C51H64N4O10/c1-5-27-62-51-45(55(23-28-61-29-26-58)48(59)37-19-17-35(33-52)18-20-37)32-43(54-65-50(2,3)4)41-30-38(15-9-11-24-56)40(16-10-12-25-57)46(47(41)51)42-31-39(21-22-44(42)64-51)63-49(60)53-34-36-13-7-6-8-14-36/h5-8,13-14,17-22,30-31,38,40,45-47,56-58H,1,9-12,15-16,23-29,32,34H2,2-4H3,(H,53,60)/t38-,40+,45-,46+,47+,51+/m0/s1. The minimum absolute atomic E-state index is 0.0158. The van der Waals surface area contributed by atoms with Crippen molar-refractivity contribution in [3.8, 4) is 17.6 Å². The molecule has 3 aromatic rings. The summed E-state index contributed by atoms with van der Waals surface area (Å²) in [4.78, 5) is 36.3. The van der Waals surface area contributed by atoms with Gasteiger partial charge in [-0.1, -0.05) is 60.5 Å². The van der Waals surface area contributed by atoms with E-state index >= 15 is 4.79 Å². The van der Waals surface area contributed by atoms with Gasteiger partial charge in [-0.25, -0.2) is 4.79 Å². The molecule has 0 radical (unpaired) electrons. The van der Waals surface area contributed by atoms with Gasteiger partial charge in [0.15, 0.2) is 0 Å². The van der Waals surface area contributed by atoms with Gasteiger partial charge < -0.3 is 49.3 Å². The number of rotatable bonds is 22. The smallest absolute Gasteiger partial charge is 0.412 e. The topological polar surface area (TPSA) is 192 Å². The molecular weight excluding hydrogens is 829 g/mol.